The Balaban J connectivity index is 1.85. The zero-order chi connectivity index (χ0) is 13.9. The Bertz CT molecular complexity index is 609. The second-order valence-corrected chi connectivity index (χ2v) is 5.43. The topological polar surface area (TPSA) is 53.7 Å². The van der Waals surface area contributed by atoms with Crippen LogP contribution in [0.4, 0.5) is 0 Å². The molecule has 0 atom stereocenters. The molecule has 2 heterocycles. The highest BCUT2D eigenvalue weighted by atomic mass is 16.4. The first-order valence-corrected chi connectivity index (χ1v) is 7.21. The van der Waals surface area contributed by atoms with Crippen molar-refractivity contribution in [2.75, 3.05) is 13.1 Å². The van der Waals surface area contributed by atoms with Crippen molar-refractivity contribution in [2.24, 2.45) is 0 Å². The van der Waals surface area contributed by atoms with Gasteiger partial charge in [-0.3, -0.25) is 4.90 Å². The third kappa shape index (κ3) is 2.70. The number of para-hydroxylation sites is 1. The number of hydrogen-bond donors (Lipinski definition) is 1. The quantitative estimate of drug-likeness (QED) is 0.929. The van der Waals surface area contributed by atoms with Crippen molar-refractivity contribution in [1.29, 1.82) is 0 Å². The molecule has 4 heteroatoms. The minimum absolute atomic E-state index is 0.240. The number of aromatic carboxylic acids is 1. The number of fused-ring (bicyclic) bond motifs is 1. The Kier molecular flexibility index (Phi) is 3.74. The molecule has 1 aromatic carbocycles. The maximum atomic E-state index is 11.2. The summed E-state index contributed by atoms with van der Waals surface area (Å²) in [4.78, 5) is 13.6. The van der Waals surface area contributed by atoms with Gasteiger partial charge in [-0.25, -0.2) is 4.79 Å². The normalized spacial score (nSPS) is 17.2. The summed E-state index contributed by atoms with van der Waals surface area (Å²) in [5.74, 6) is -0.0816. The third-order valence-corrected chi connectivity index (χ3v) is 3.90. The van der Waals surface area contributed by atoms with Gasteiger partial charge >= 0.3 is 5.97 Å². The molecule has 0 bridgehead atoms. The summed E-state index contributed by atoms with van der Waals surface area (Å²) in [6, 6.07) is 7.21. The predicted molar refractivity (Wildman–Crippen MR) is 76.9 cm³/mol. The van der Waals surface area contributed by atoms with E-state index in [1.165, 1.54) is 25.7 Å². The zero-order valence-electron chi connectivity index (χ0n) is 11.5. The molecule has 1 aliphatic heterocycles. The van der Waals surface area contributed by atoms with Crippen LogP contribution in [-0.2, 0) is 6.54 Å². The number of hydrogen-bond acceptors (Lipinski definition) is 3. The van der Waals surface area contributed by atoms with E-state index in [4.69, 9.17) is 4.42 Å². The number of rotatable bonds is 3. The van der Waals surface area contributed by atoms with Gasteiger partial charge in [0.15, 0.2) is 0 Å². The van der Waals surface area contributed by atoms with Gasteiger partial charge in [-0.15, -0.1) is 0 Å². The van der Waals surface area contributed by atoms with Crippen LogP contribution in [0.15, 0.2) is 28.7 Å². The van der Waals surface area contributed by atoms with E-state index in [0.29, 0.717) is 5.58 Å². The summed E-state index contributed by atoms with van der Waals surface area (Å²) in [6.45, 7) is 2.97. The molecule has 0 amide bonds. The van der Waals surface area contributed by atoms with Crippen LogP contribution in [0, 0.1) is 0 Å². The summed E-state index contributed by atoms with van der Waals surface area (Å²) >= 11 is 0. The van der Waals surface area contributed by atoms with E-state index in [2.05, 4.69) is 4.90 Å². The fourth-order valence-corrected chi connectivity index (χ4v) is 2.88. The molecule has 0 spiro atoms. The van der Waals surface area contributed by atoms with Gasteiger partial charge in [0.1, 0.15) is 16.9 Å². The summed E-state index contributed by atoms with van der Waals surface area (Å²) < 4.78 is 5.78. The minimum atomic E-state index is -0.939. The maximum Gasteiger partial charge on any atom is 0.339 e. The van der Waals surface area contributed by atoms with Gasteiger partial charge in [-0.1, -0.05) is 25.0 Å². The van der Waals surface area contributed by atoms with E-state index in [9.17, 15) is 9.90 Å². The number of carbonyl (C=O) groups is 1. The van der Waals surface area contributed by atoms with Gasteiger partial charge in [0.25, 0.3) is 0 Å². The lowest BCUT2D eigenvalue weighted by Gasteiger charge is -2.17. The molecule has 0 radical (unpaired) electrons. The Morgan fingerprint density at radius 1 is 1.20 bits per heavy atom. The summed E-state index contributed by atoms with van der Waals surface area (Å²) in [7, 11) is 0. The molecule has 1 aliphatic rings. The lowest BCUT2D eigenvalue weighted by Crippen LogP contribution is -2.23. The largest absolute Gasteiger partial charge is 0.478 e. The number of likely N-dealkylation sites (tertiary alicyclic amines) is 1. The number of benzene rings is 1. The van der Waals surface area contributed by atoms with Crippen LogP contribution in [-0.4, -0.2) is 29.1 Å². The molecule has 106 valence electrons. The molecule has 20 heavy (non-hydrogen) atoms. The van der Waals surface area contributed by atoms with E-state index in [1.54, 1.807) is 12.1 Å². The summed E-state index contributed by atoms with van der Waals surface area (Å²) in [6.07, 6.45) is 5.08. The maximum absolute atomic E-state index is 11.2. The summed E-state index contributed by atoms with van der Waals surface area (Å²) in [5.41, 5.74) is 0.731. The molecular weight excluding hydrogens is 254 g/mol. The van der Waals surface area contributed by atoms with Crippen LogP contribution in [0.2, 0.25) is 0 Å². The fourth-order valence-electron chi connectivity index (χ4n) is 2.88. The Hall–Kier alpha value is -1.81. The van der Waals surface area contributed by atoms with Gasteiger partial charge in [-0.2, -0.15) is 0 Å². The van der Waals surface area contributed by atoms with Crippen LogP contribution in [0.25, 0.3) is 11.0 Å². The molecule has 4 nitrogen and oxygen atoms in total. The SMILES string of the molecule is O=C(O)c1cccc2cc(CN3CCCCCC3)oc12. The molecule has 3 rings (SSSR count). The van der Waals surface area contributed by atoms with Gasteiger partial charge in [0.05, 0.1) is 6.54 Å². The van der Waals surface area contributed by atoms with Crippen molar-refractivity contribution in [3.05, 3.63) is 35.6 Å². The van der Waals surface area contributed by atoms with Gasteiger partial charge < -0.3 is 9.52 Å². The lowest BCUT2D eigenvalue weighted by atomic mass is 10.1. The van der Waals surface area contributed by atoms with Crippen molar-refractivity contribution in [3.8, 4) is 0 Å². The second-order valence-electron chi connectivity index (χ2n) is 5.43. The van der Waals surface area contributed by atoms with Crippen LogP contribution in [0.5, 0.6) is 0 Å². The van der Waals surface area contributed by atoms with Crippen LogP contribution >= 0.6 is 0 Å². The number of carboxylic acids is 1. The van der Waals surface area contributed by atoms with Crippen LogP contribution in [0.3, 0.4) is 0 Å². The van der Waals surface area contributed by atoms with Crippen LogP contribution in [0.1, 0.15) is 41.8 Å². The van der Waals surface area contributed by atoms with E-state index >= 15 is 0 Å². The summed E-state index contributed by atoms with van der Waals surface area (Å²) in [5, 5.41) is 10.1. The van der Waals surface area contributed by atoms with E-state index in [-0.39, 0.29) is 5.56 Å². The van der Waals surface area contributed by atoms with Gasteiger partial charge in [0, 0.05) is 5.39 Å². The van der Waals surface area contributed by atoms with Gasteiger partial charge in [0.2, 0.25) is 0 Å². The first kappa shape index (κ1) is 13.2. The van der Waals surface area contributed by atoms with Crippen LogP contribution < -0.4 is 0 Å². The first-order valence-electron chi connectivity index (χ1n) is 7.21. The zero-order valence-corrected chi connectivity index (χ0v) is 11.5. The highest BCUT2D eigenvalue weighted by Crippen LogP contribution is 2.24. The Labute approximate surface area is 118 Å². The molecule has 1 aromatic heterocycles. The monoisotopic (exact) mass is 273 g/mol. The lowest BCUT2D eigenvalue weighted by molar-refractivity contribution is 0.0697. The van der Waals surface area contributed by atoms with E-state index in [0.717, 1.165) is 30.8 Å². The standard InChI is InChI=1S/C16H19NO3/c18-16(19)14-7-5-6-12-10-13(20-15(12)14)11-17-8-3-1-2-4-9-17/h5-7,10H,1-4,8-9,11H2,(H,18,19). The fraction of sp³-hybridized carbons (Fsp3) is 0.438. The number of nitrogens with zero attached hydrogens (tertiary/aromatic N) is 1. The average Bonchev–Trinajstić information content (AvgIpc) is 2.65. The molecule has 1 saturated heterocycles. The van der Waals surface area contributed by atoms with Crippen molar-refractivity contribution in [2.45, 2.75) is 32.2 Å². The molecule has 0 unspecified atom stereocenters. The van der Waals surface area contributed by atoms with E-state index in [1.807, 2.05) is 12.1 Å². The Morgan fingerprint density at radius 2 is 1.95 bits per heavy atom. The molecule has 0 saturated carbocycles. The van der Waals surface area contributed by atoms with Crippen molar-refractivity contribution >= 4 is 16.9 Å². The molecule has 0 aliphatic carbocycles. The minimum Gasteiger partial charge on any atom is -0.478 e. The van der Waals surface area contributed by atoms with Gasteiger partial charge in [-0.05, 0) is 38.1 Å². The van der Waals surface area contributed by atoms with Crippen molar-refractivity contribution < 1.29 is 14.3 Å². The second kappa shape index (κ2) is 5.67. The highest BCUT2D eigenvalue weighted by molar-refractivity contribution is 6.01. The highest BCUT2D eigenvalue weighted by Gasteiger charge is 2.15. The Morgan fingerprint density at radius 3 is 2.65 bits per heavy atom. The van der Waals surface area contributed by atoms with Crippen molar-refractivity contribution in [3.63, 3.8) is 0 Å². The molecular formula is C16H19NO3. The van der Waals surface area contributed by atoms with Crippen molar-refractivity contribution in [1.82, 2.24) is 4.90 Å². The number of carboxylic acid groups (broad SMARTS) is 1. The van der Waals surface area contributed by atoms with E-state index < -0.39 is 5.97 Å². The number of furan rings is 1. The average molecular weight is 273 g/mol. The smallest absolute Gasteiger partial charge is 0.339 e. The third-order valence-electron chi connectivity index (χ3n) is 3.90. The molecule has 1 fully saturated rings. The first-order chi connectivity index (χ1) is 9.74. The predicted octanol–water partition coefficient (Wildman–Crippen LogP) is 3.51. The molecule has 1 N–H and O–H groups in total. The molecule has 2 aromatic rings.